The van der Waals surface area contributed by atoms with E-state index in [2.05, 4.69) is 22.3 Å². The summed E-state index contributed by atoms with van der Waals surface area (Å²) in [5.41, 5.74) is -0.00867. The van der Waals surface area contributed by atoms with Gasteiger partial charge in [0.15, 0.2) is 0 Å². The molecule has 1 aromatic carbocycles. The number of phenols is 1. The second kappa shape index (κ2) is 15.8. The minimum absolute atomic E-state index is 0.126. The Labute approximate surface area is 226 Å². The highest BCUT2D eigenvalue weighted by molar-refractivity contribution is 5.93. The molecule has 10 heteroatoms. The van der Waals surface area contributed by atoms with Gasteiger partial charge in [0.1, 0.15) is 30.0 Å². The van der Waals surface area contributed by atoms with Crippen molar-refractivity contribution in [3.63, 3.8) is 0 Å². The Morgan fingerprint density at radius 1 is 1.05 bits per heavy atom. The highest BCUT2D eigenvalue weighted by Gasteiger charge is 2.36. The molecule has 0 aliphatic heterocycles. The number of phenolic OH excluding ortho intramolecular Hbond substituents is 1. The molecule has 1 rings (SSSR count). The van der Waals surface area contributed by atoms with Gasteiger partial charge < -0.3 is 30.1 Å². The number of nitrogens with zero attached hydrogens (tertiary/aromatic N) is 1. The summed E-state index contributed by atoms with van der Waals surface area (Å²) in [5.74, 6) is -1.96. The third-order valence-electron chi connectivity index (χ3n) is 5.90. The minimum Gasteiger partial charge on any atom is -0.507 e. The summed E-state index contributed by atoms with van der Waals surface area (Å²) >= 11 is 0. The van der Waals surface area contributed by atoms with Gasteiger partial charge in [0.25, 0.3) is 0 Å². The lowest BCUT2D eigenvalue weighted by Gasteiger charge is -2.34. The van der Waals surface area contributed by atoms with Crippen LogP contribution in [-0.4, -0.2) is 65.7 Å². The van der Waals surface area contributed by atoms with E-state index in [1.807, 2.05) is 0 Å². The van der Waals surface area contributed by atoms with E-state index in [9.17, 15) is 24.3 Å². The predicted molar refractivity (Wildman–Crippen MR) is 145 cm³/mol. The van der Waals surface area contributed by atoms with E-state index in [0.717, 1.165) is 32.1 Å². The van der Waals surface area contributed by atoms with Gasteiger partial charge in [-0.25, -0.2) is 4.79 Å². The van der Waals surface area contributed by atoms with E-state index >= 15 is 0 Å². The number of carbonyl (C=O) groups excluding carboxylic acids is 4. The Morgan fingerprint density at radius 3 is 2.29 bits per heavy atom. The van der Waals surface area contributed by atoms with Crippen molar-refractivity contribution in [2.24, 2.45) is 0 Å². The number of aryl methyl sites for hydroxylation is 1. The van der Waals surface area contributed by atoms with Crippen LogP contribution in [0.5, 0.6) is 5.75 Å². The van der Waals surface area contributed by atoms with Crippen molar-refractivity contribution in [3.8, 4) is 5.75 Å². The van der Waals surface area contributed by atoms with Crippen molar-refractivity contribution >= 4 is 23.9 Å². The molecule has 0 saturated carbocycles. The van der Waals surface area contributed by atoms with E-state index in [1.165, 1.54) is 18.9 Å². The zero-order valence-electron chi connectivity index (χ0n) is 23.9. The summed E-state index contributed by atoms with van der Waals surface area (Å²) in [5, 5.41) is 15.9. The largest absolute Gasteiger partial charge is 0.507 e. The normalized spacial score (nSPS) is 12.7. The summed E-state index contributed by atoms with van der Waals surface area (Å²) in [6, 6.07) is 2.67. The van der Waals surface area contributed by atoms with E-state index in [-0.39, 0.29) is 17.9 Å². The van der Waals surface area contributed by atoms with Crippen LogP contribution in [0.1, 0.15) is 90.3 Å². The van der Waals surface area contributed by atoms with Crippen LogP contribution in [0.4, 0.5) is 4.79 Å². The fourth-order valence-electron chi connectivity index (χ4n) is 3.90. The third kappa shape index (κ3) is 11.0. The number of benzene rings is 1. The number of ether oxygens (including phenoxy) is 2. The smallest absolute Gasteiger partial charge is 0.408 e. The molecule has 0 radical (unpaired) electrons. The predicted octanol–water partition coefficient (Wildman–Crippen LogP) is 4.13. The molecule has 0 spiro atoms. The van der Waals surface area contributed by atoms with Crippen molar-refractivity contribution in [1.82, 2.24) is 15.5 Å². The molecule has 10 nitrogen and oxygen atoms in total. The van der Waals surface area contributed by atoms with Gasteiger partial charge in [-0.1, -0.05) is 57.2 Å². The number of aromatic hydroxyl groups is 1. The number of nitrogens with one attached hydrogen (secondary N) is 2. The first-order chi connectivity index (χ1) is 17.8. The maximum atomic E-state index is 13.7. The molecular weight excluding hydrogens is 490 g/mol. The highest BCUT2D eigenvalue weighted by atomic mass is 16.6. The number of amides is 3. The Kier molecular flexibility index (Phi) is 13.6. The van der Waals surface area contributed by atoms with Crippen molar-refractivity contribution in [3.05, 3.63) is 29.3 Å². The van der Waals surface area contributed by atoms with Crippen molar-refractivity contribution < 1.29 is 33.8 Å². The van der Waals surface area contributed by atoms with Crippen LogP contribution in [0.15, 0.2) is 18.2 Å². The number of methoxy groups -OCH3 is 1. The molecule has 0 aliphatic carbocycles. The highest BCUT2D eigenvalue weighted by Crippen LogP contribution is 2.32. The number of esters is 1. The van der Waals surface area contributed by atoms with Gasteiger partial charge in [-0.15, -0.1) is 0 Å². The van der Waals surface area contributed by atoms with Crippen LogP contribution in [0.2, 0.25) is 0 Å². The van der Waals surface area contributed by atoms with Crippen LogP contribution in [0, 0.1) is 6.92 Å². The van der Waals surface area contributed by atoms with Gasteiger partial charge in [-0.3, -0.25) is 14.4 Å². The number of hydrogen-bond donors (Lipinski definition) is 3. The molecule has 0 aliphatic rings. The minimum atomic E-state index is -1.24. The lowest BCUT2D eigenvalue weighted by Crippen LogP contribution is -2.52. The SMILES string of the molecule is CCCCCCCCN(C(=O)C(C)NC(=O)OC(C)(C)C)C(C(=O)NCC(=O)OC)c1cccc(C)c1O. The molecule has 0 aromatic heterocycles. The van der Waals surface area contributed by atoms with Gasteiger partial charge >= 0.3 is 12.1 Å². The van der Waals surface area contributed by atoms with Crippen LogP contribution < -0.4 is 10.6 Å². The van der Waals surface area contributed by atoms with Crippen molar-refractivity contribution in [2.45, 2.75) is 97.8 Å². The topological polar surface area (TPSA) is 134 Å². The summed E-state index contributed by atoms with van der Waals surface area (Å²) in [7, 11) is 1.21. The van der Waals surface area contributed by atoms with Gasteiger partial charge in [0, 0.05) is 12.1 Å². The summed E-state index contributed by atoms with van der Waals surface area (Å²) in [6.07, 6.45) is 4.97. The first kappa shape index (κ1) is 32.7. The molecule has 0 bridgehead atoms. The maximum Gasteiger partial charge on any atom is 0.408 e. The quantitative estimate of drug-likeness (QED) is 0.241. The zero-order valence-corrected chi connectivity index (χ0v) is 23.9. The Morgan fingerprint density at radius 2 is 1.68 bits per heavy atom. The fourth-order valence-corrected chi connectivity index (χ4v) is 3.90. The van der Waals surface area contributed by atoms with Crippen LogP contribution in [0.3, 0.4) is 0 Å². The number of rotatable bonds is 14. The molecule has 0 fully saturated rings. The molecule has 1 aromatic rings. The lowest BCUT2D eigenvalue weighted by molar-refractivity contribution is -0.144. The molecule has 3 amide bonds. The first-order valence-corrected chi connectivity index (χ1v) is 13.2. The molecular formula is C28H45N3O7. The molecule has 0 saturated heterocycles. The average molecular weight is 536 g/mol. The number of hydrogen-bond acceptors (Lipinski definition) is 7. The molecule has 2 unspecified atom stereocenters. The van der Waals surface area contributed by atoms with E-state index < -0.39 is 48.1 Å². The van der Waals surface area contributed by atoms with Crippen LogP contribution in [0.25, 0.3) is 0 Å². The van der Waals surface area contributed by atoms with Crippen LogP contribution in [-0.2, 0) is 23.9 Å². The Hall–Kier alpha value is -3.30. The van der Waals surface area contributed by atoms with Crippen molar-refractivity contribution in [2.75, 3.05) is 20.2 Å². The monoisotopic (exact) mass is 535 g/mol. The second-order valence-electron chi connectivity index (χ2n) is 10.4. The molecule has 0 heterocycles. The number of para-hydroxylation sites is 1. The summed E-state index contributed by atoms with van der Waals surface area (Å²) in [6.45, 7) is 10.3. The van der Waals surface area contributed by atoms with Crippen LogP contribution >= 0.6 is 0 Å². The second-order valence-corrected chi connectivity index (χ2v) is 10.4. The number of carbonyl (C=O) groups is 4. The van der Waals surface area contributed by atoms with Gasteiger partial charge in [-0.2, -0.15) is 0 Å². The third-order valence-corrected chi connectivity index (χ3v) is 5.90. The lowest BCUT2D eigenvalue weighted by atomic mass is 9.99. The number of alkyl carbamates (subject to hydrolysis) is 1. The molecule has 3 N–H and O–H groups in total. The fraction of sp³-hybridized carbons (Fsp3) is 0.643. The average Bonchev–Trinajstić information content (AvgIpc) is 2.84. The standard InChI is InChI=1S/C28H45N3O7/c1-8-9-10-11-12-13-17-31(26(35)20(3)30-27(36)38-28(4,5)6)23(25(34)29-18-22(32)37-7)21-16-14-15-19(2)24(21)33/h14-16,20,23,33H,8-13,17-18H2,1-7H3,(H,29,34)(H,30,36). The van der Waals surface area contributed by atoms with Gasteiger partial charge in [0.2, 0.25) is 11.8 Å². The van der Waals surface area contributed by atoms with E-state index in [4.69, 9.17) is 4.74 Å². The molecule has 214 valence electrons. The Balaban J connectivity index is 3.35. The summed E-state index contributed by atoms with van der Waals surface area (Å²) in [4.78, 5) is 52.6. The molecule has 2 atom stereocenters. The number of unbranched alkanes of at least 4 members (excludes halogenated alkanes) is 5. The van der Waals surface area contributed by atoms with Gasteiger partial charge in [-0.05, 0) is 46.6 Å². The maximum absolute atomic E-state index is 13.7. The zero-order chi connectivity index (χ0) is 28.9. The van der Waals surface area contributed by atoms with E-state index in [0.29, 0.717) is 12.0 Å². The van der Waals surface area contributed by atoms with Gasteiger partial charge in [0.05, 0.1) is 7.11 Å². The Bertz CT molecular complexity index is 943. The summed E-state index contributed by atoms with van der Waals surface area (Å²) < 4.78 is 9.91. The first-order valence-electron chi connectivity index (χ1n) is 13.2. The molecule has 38 heavy (non-hydrogen) atoms. The van der Waals surface area contributed by atoms with E-state index in [1.54, 1.807) is 45.9 Å². The van der Waals surface area contributed by atoms with Crippen molar-refractivity contribution in [1.29, 1.82) is 0 Å².